The Morgan fingerprint density at radius 1 is 1.44 bits per heavy atom. The van der Waals surface area contributed by atoms with Gasteiger partial charge in [-0.3, -0.25) is 4.79 Å². The van der Waals surface area contributed by atoms with Crippen molar-refractivity contribution in [1.82, 2.24) is 5.32 Å². The van der Waals surface area contributed by atoms with Crippen molar-refractivity contribution in [1.29, 1.82) is 0 Å². The summed E-state index contributed by atoms with van der Waals surface area (Å²) >= 11 is 5.91. The number of carbonyl (C=O) groups is 1. The first kappa shape index (κ1) is 12.8. The molecule has 1 rings (SSSR count). The molecule has 0 saturated heterocycles. The maximum absolute atomic E-state index is 11.6. The van der Waals surface area contributed by atoms with Crippen LogP contribution in [0.4, 0.5) is 0 Å². The molecule has 1 aromatic carbocycles. The van der Waals surface area contributed by atoms with Gasteiger partial charge in [0.1, 0.15) is 5.75 Å². The monoisotopic (exact) mass is 243 g/mol. The van der Waals surface area contributed by atoms with Crippen molar-refractivity contribution in [3.05, 3.63) is 28.8 Å². The average Bonchev–Trinajstić information content (AvgIpc) is 2.29. The summed E-state index contributed by atoms with van der Waals surface area (Å²) < 4.78 is 9.82. The van der Waals surface area contributed by atoms with Crippen molar-refractivity contribution in [3.63, 3.8) is 0 Å². The summed E-state index contributed by atoms with van der Waals surface area (Å²) in [5.74, 6) is 0.372. The minimum absolute atomic E-state index is 0.179. The van der Waals surface area contributed by atoms with Crippen molar-refractivity contribution in [2.75, 3.05) is 27.4 Å². The van der Waals surface area contributed by atoms with Crippen LogP contribution in [-0.2, 0) is 4.74 Å². The van der Waals surface area contributed by atoms with Gasteiger partial charge in [0.25, 0.3) is 5.91 Å². The number of carbonyl (C=O) groups excluding carboxylic acids is 1. The van der Waals surface area contributed by atoms with Crippen LogP contribution in [-0.4, -0.2) is 33.3 Å². The first-order chi connectivity index (χ1) is 7.69. The fourth-order valence-corrected chi connectivity index (χ4v) is 1.43. The van der Waals surface area contributed by atoms with Crippen molar-refractivity contribution in [3.8, 4) is 5.75 Å². The minimum Gasteiger partial charge on any atom is -0.495 e. The highest BCUT2D eigenvalue weighted by molar-refractivity contribution is 6.32. The van der Waals surface area contributed by atoms with Gasteiger partial charge in [0, 0.05) is 19.2 Å². The lowest BCUT2D eigenvalue weighted by atomic mass is 10.2. The predicted molar refractivity (Wildman–Crippen MR) is 62.2 cm³/mol. The zero-order chi connectivity index (χ0) is 12.0. The molecule has 0 aliphatic heterocycles. The maximum atomic E-state index is 11.6. The Hall–Kier alpha value is -1.26. The highest BCUT2D eigenvalue weighted by atomic mass is 35.5. The molecule has 1 amide bonds. The third-order valence-corrected chi connectivity index (χ3v) is 2.30. The molecule has 0 spiro atoms. The Bertz CT molecular complexity index is 368. The van der Waals surface area contributed by atoms with Crippen LogP contribution in [0.2, 0.25) is 5.02 Å². The second-order valence-corrected chi connectivity index (χ2v) is 3.51. The van der Waals surface area contributed by atoms with Crippen LogP contribution in [0.5, 0.6) is 5.75 Å². The second kappa shape index (κ2) is 6.35. The first-order valence-corrected chi connectivity index (χ1v) is 5.17. The van der Waals surface area contributed by atoms with E-state index in [1.165, 1.54) is 7.11 Å². The van der Waals surface area contributed by atoms with E-state index in [0.29, 0.717) is 29.5 Å². The molecule has 0 saturated carbocycles. The SMILES string of the molecule is COCCNC(=O)c1ccc(OC)c(Cl)c1. The summed E-state index contributed by atoms with van der Waals surface area (Å²) in [6.45, 7) is 0.953. The van der Waals surface area contributed by atoms with Gasteiger partial charge in [-0.15, -0.1) is 0 Å². The average molecular weight is 244 g/mol. The minimum atomic E-state index is -0.179. The first-order valence-electron chi connectivity index (χ1n) is 4.79. The summed E-state index contributed by atoms with van der Waals surface area (Å²) in [7, 11) is 3.11. The van der Waals surface area contributed by atoms with Crippen molar-refractivity contribution in [2.45, 2.75) is 0 Å². The lowest BCUT2D eigenvalue weighted by molar-refractivity contribution is 0.0937. The van der Waals surface area contributed by atoms with Crippen molar-refractivity contribution >= 4 is 17.5 Å². The highest BCUT2D eigenvalue weighted by Crippen LogP contribution is 2.24. The van der Waals surface area contributed by atoms with Crippen molar-refractivity contribution in [2.24, 2.45) is 0 Å². The highest BCUT2D eigenvalue weighted by Gasteiger charge is 2.08. The van der Waals surface area contributed by atoms with Crippen molar-refractivity contribution < 1.29 is 14.3 Å². The third-order valence-electron chi connectivity index (χ3n) is 2.01. The molecule has 5 heteroatoms. The van der Waals surface area contributed by atoms with E-state index in [1.54, 1.807) is 25.3 Å². The normalized spacial score (nSPS) is 9.94. The Morgan fingerprint density at radius 3 is 2.75 bits per heavy atom. The predicted octanol–water partition coefficient (Wildman–Crippen LogP) is 1.72. The molecule has 0 fully saturated rings. The number of amides is 1. The van der Waals surface area contributed by atoms with E-state index in [0.717, 1.165) is 0 Å². The van der Waals surface area contributed by atoms with Gasteiger partial charge >= 0.3 is 0 Å². The molecule has 0 atom stereocenters. The zero-order valence-electron chi connectivity index (χ0n) is 9.25. The standard InChI is InChI=1S/C11H14ClNO3/c1-15-6-5-13-11(14)8-3-4-10(16-2)9(12)7-8/h3-4,7H,5-6H2,1-2H3,(H,13,14). The molecule has 0 aliphatic rings. The van der Waals surface area contributed by atoms with Gasteiger partial charge in [-0.05, 0) is 18.2 Å². The van der Waals surface area contributed by atoms with Crippen LogP contribution < -0.4 is 10.1 Å². The van der Waals surface area contributed by atoms with E-state index in [2.05, 4.69) is 5.32 Å². The molecule has 88 valence electrons. The van der Waals surface area contributed by atoms with Crippen LogP contribution in [0.3, 0.4) is 0 Å². The smallest absolute Gasteiger partial charge is 0.251 e. The number of methoxy groups -OCH3 is 2. The summed E-state index contributed by atoms with van der Waals surface area (Å²) in [5.41, 5.74) is 0.502. The summed E-state index contributed by atoms with van der Waals surface area (Å²) in [4.78, 5) is 11.6. The number of halogens is 1. The molecule has 0 radical (unpaired) electrons. The summed E-state index contributed by atoms with van der Waals surface area (Å²) in [5, 5.41) is 3.12. The number of ether oxygens (including phenoxy) is 2. The van der Waals surface area contributed by atoms with Gasteiger partial charge in [-0.2, -0.15) is 0 Å². The molecule has 0 aromatic heterocycles. The molecule has 0 aliphatic carbocycles. The molecule has 4 nitrogen and oxygen atoms in total. The molecule has 1 aromatic rings. The summed E-state index contributed by atoms with van der Waals surface area (Å²) in [6.07, 6.45) is 0. The number of hydrogen-bond donors (Lipinski definition) is 1. The third kappa shape index (κ3) is 3.40. The second-order valence-electron chi connectivity index (χ2n) is 3.10. The molecule has 1 N–H and O–H groups in total. The van der Waals surface area contributed by atoms with E-state index < -0.39 is 0 Å². The Kier molecular flexibility index (Phi) is 5.08. The zero-order valence-corrected chi connectivity index (χ0v) is 10.0. The van der Waals surface area contributed by atoms with Gasteiger partial charge in [0.05, 0.1) is 18.7 Å². The van der Waals surface area contributed by atoms with E-state index in [9.17, 15) is 4.79 Å². The Labute approximate surface area is 99.5 Å². The maximum Gasteiger partial charge on any atom is 0.251 e. The summed E-state index contributed by atoms with van der Waals surface area (Å²) in [6, 6.07) is 4.89. The number of rotatable bonds is 5. The van der Waals surface area contributed by atoms with E-state index in [-0.39, 0.29) is 5.91 Å². The fraction of sp³-hybridized carbons (Fsp3) is 0.364. The van der Waals surface area contributed by atoms with Gasteiger partial charge in [-0.1, -0.05) is 11.6 Å². The molecule has 16 heavy (non-hydrogen) atoms. The van der Waals surface area contributed by atoms with Gasteiger partial charge in [-0.25, -0.2) is 0 Å². The van der Waals surface area contributed by atoms with Crippen LogP contribution >= 0.6 is 11.6 Å². The van der Waals surface area contributed by atoms with E-state index >= 15 is 0 Å². The largest absolute Gasteiger partial charge is 0.495 e. The quantitative estimate of drug-likeness (QED) is 0.802. The molecular formula is C11H14ClNO3. The lowest BCUT2D eigenvalue weighted by Gasteiger charge is -2.07. The van der Waals surface area contributed by atoms with Gasteiger partial charge in [0.15, 0.2) is 0 Å². The fourth-order valence-electron chi connectivity index (χ4n) is 1.18. The van der Waals surface area contributed by atoms with Crippen LogP contribution in [0.25, 0.3) is 0 Å². The molecular weight excluding hydrogens is 230 g/mol. The molecule has 0 heterocycles. The number of hydrogen-bond acceptors (Lipinski definition) is 3. The van der Waals surface area contributed by atoms with Crippen LogP contribution in [0.1, 0.15) is 10.4 Å². The molecule has 0 bridgehead atoms. The van der Waals surface area contributed by atoms with E-state index in [1.807, 2.05) is 0 Å². The Balaban J connectivity index is 2.66. The van der Waals surface area contributed by atoms with E-state index in [4.69, 9.17) is 21.1 Å². The lowest BCUT2D eigenvalue weighted by Crippen LogP contribution is -2.26. The number of benzene rings is 1. The molecule has 0 unspecified atom stereocenters. The van der Waals surface area contributed by atoms with Gasteiger partial charge < -0.3 is 14.8 Å². The topological polar surface area (TPSA) is 47.6 Å². The van der Waals surface area contributed by atoms with Crippen LogP contribution in [0, 0.1) is 0 Å². The van der Waals surface area contributed by atoms with Crippen LogP contribution in [0.15, 0.2) is 18.2 Å². The van der Waals surface area contributed by atoms with Gasteiger partial charge in [0.2, 0.25) is 0 Å². The number of nitrogens with one attached hydrogen (secondary N) is 1. The Morgan fingerprint density at radius 2 is 2.19 bits per heavy atom.